The molecular weight excluding hydrogens is 359 g/mol. The molecule has 2 heterocycles. The van der Waals surface area contributed by atoms with E-state index >= 15 is 0 Å². The molecule has 1 aromatic carbocycles. The number of aromatic nitrogens is 2. The van der Waals surface area contributed by atoms with Crippen LogP contribution < -0.4 is 5.56 Å². The summed E-state index contributed by atoms with van der Waals surface area (Å²) in [5, 5.41) is 3.02. The Hall–Kier alpha value is -1.70. The standard InChI is InChI=1S/C18H19FN2O2S2/c1-18(2,3)23-8-9-24-17-20-15(22)14-13(10-25-16(14)21-17)11-4-6-12(19)7-5-11/h4-7,10H,8-9H2,1-3H3,(H,20,21,22). The molecule has 1 N–H and O–H groups in total. The van der Waals surface area contributed by atoms with Crippen molar-refractivity contribution in [1.29, 1.82) is 0 Å². The molecule has 0 saturated carbocycles. The van der Waals surface area contributed by atoms with Crippen molar-refractivity contribution in [3.63, 3.8) is 0 Å². The van der Waals surface area contributed by atoms with Crippen molar-refractivity contribution < 1.29 is 9.13 Å². The monoisotopic (exact) mass is 378 g/mol. The molecule has 0 aliphatic carbocycles. The fraction of sp³-hybridized carbons (Fsp3) is 0.333. The van der Waals surface area contributed by atoms with Gasteiger partial charge in [-0.05, 0) is 38.5 Å². The zero-order valence-electron chi connectivity index (χ0n) is 14.3. The van der Waals surface area contributed by atoms with Gasteiger partial charge in [-0.25, -0.2) is 9.37 Å². The second-order valence-corrected chi connectivity index (χ2v) is 8.46. The number of nitrogens with zero attached hydrogens (tertiary/aromatic N) is 1. The minimum Gasteiger partial charge on any atom is -0.375 e. The predicted molar refractivity (Wildman–Crippen MR) is 102 cm³/mol. The molecule has 0 unspecified atom stereocenters. The molecule has 0 aliphatic rings. The lowest BCUT2D eigenvalue weighted by molar-refractivity contribution is 0.00693. The first-order valence-electron chi connectivity index (χ1n) is 7.88. The van der Waals surface area contributed by atoms with E-state index in [1.807, 2.05) is 26.2 Å². The van der Waals surface area contributed by atoms with E-state index in [4.69, 9.17) is 4.74 Å². The summed E-state index contributed by atoms with van der Waals surface area (Å²) in [5.74, 6) is 0.411. The van der Waals surface area contributed by atoms with E-state index in [2.05, 4.69) is 9.97 Å². The van der Waals surface area contributed by atoms with Crippen LogP contribution in [0.5, 0.6) is 0 Å². The summed E-state index contributed by atoms with van der Waals surface area (Å²) in [4.78, 5) is 20.5. The lowest BCUT2D eigenvalue weighted by Gasteiger charge is -2.18. The van der Waals surface area contributed by atoms with Gasteiger partial charge in [0, 0.05) is 16.7 Å². The summed E-state index contributed by atoms with van der Waals surface area (Å²) in [6.45, 7) is 6.60. The van der Waals surface area contributed by atoms with Gasteiger partial charge in [0.25, 0.3) is 5.56 Å². The van der Waals surface area contributed by atoms with Crippen molar-refractivity contribution in [2.45, 2.75) is 31.5 Å². The Morgan fingerprint density at radius 3 is 2.68 bits per heavy atom. The Bertz CT molecular complexity index is 927. The van der Waals surface area contributed by atoms with Crippen LogP contribution in [-0.4, -0.2) is 27.9 Å². The summed E-state index contributed by atoms with van der Waals surface area (Å²) in [5.41, 5.74) is 1.23. The first kappa shape index (κ1) is 18.1. The molecule has 2 aromatic heterocycles. The van der Waals surface area contributed by atoms with E-state index in [9.17, 15) is 9.18 Å². The quantitative estimate of drug-likeness (QED) is 0.397. The van der Waals surface area contributed by atoms with Crippen molar-refractivity contribution in [3.05, 3.63) is 45.8 Å². The van der Waals surface area contributed by atoms with Crippen LogP contribution in [0.15, 0.2) is 39.6 Å². The van der Waals surface area contributed by atoms with Crippen molar-refractivity contribution in [2.24, 2.45) is 0 Å². The van der Waals surface area contributed by atoms with Crippen molar-refractivity contribution in [3.8, 4) is 11.1 Å². The molecule has 25 heavy (non-hydrogen) atoms. The van der Waals surface area contributed by atoms with Gasteiger partial charge in [-0.1, -0.05) is 23.9 Å². The van der Waals surface area contributed by atoms with Crippen LogP contribution in [0, 0.1) is 5.82 Å². The maximum absolute atomic E-state index is 13.1. The molecule has 0 saturated heterocycles. The van der Waals surface area contributed by atoms with Gasteiger partial charge >= 0.3 is 0 Å². The minimum absolute atomic E-state index is 0.176. The molecule has 3 aromatic rings. The second-order valence-electron chi connectivity index (χ2n) is 6.52. The molecule has 0 fully saturated rings. The van der Waals surface area contributed by atoms with Crippen LogP contribution in [0.25, 0.3) is 21.3 Å². The first-order chi connectivity index (χ1) is 11.8. The summed E-state index contributed by atoms with van der Waals surface area (Å²) < 4.78 is 18.8. The van der Waals surface area contributed by atoms with E-state index < -0.39 is 0 Å². The zero-order valence-corrected chi connectivity index (χ0v) is 15.9. The van der Waals surface area contributed by atoms with Crippen molar-refractivity contribution in [1.82, 2.24) is 9.97 Å². The van der Waals surface area contributed by atoms with E-state index in [0.29, 0.717) is 27.7 Å². The van der Waals surface area contributed by atoms with Gasteiger partial charge in [-0.3, -0.25) is 4.79 Å². The third-order valence-electron chi connectivity index (χ3n) is 3.43. The zero-order chi connectivity index (χ0) is 18.0. The molecule has 0 bridgehead atoms. The van der Waals surface area contributed by atoms with E-state index in [-0.39, 0.29) is 17.0 Å². The maximum atomic E-state index is 13.1. The van der Waals surface area contributed by atoms with Crippen LogP contribution in [0.1, 0.15) is 20.8 Å². The topological polar surface area (TPSA) is 55.0 Å². The summed E-state index contributed by atoms with van der Waals surface area (Å²) in [7, 11) is 0. The Morgan fingerprint density at radius 1 is 1.28 bits per heavy atom. The van der Waals surface area contributed by atoms with Crippen molar-refractivity contribution >= 4 is 33.3 Å². The third-order valence-corrected chi connectivity index (χ3v) is 5.14. The minimum atomic E-state index is -0.300. The average Bonchev–Trinajstić information content (AvgIpc) is 2.96. The molecule has 0 aliphatic heterocycles. The third kappa shape index (κ3) is 4.48. The fourth-order valence-electron chi connectivity index (χ4n) is 2.33. The number of ether oxygens (including phenoxy) is 1. The van der Waals surface area contributed by atoms with Crippen LogP contribution in [0.2, 0.25) is 0 Å². The largest absolute Gasteiger partial charge is 0.375 e. The highest BCUT2D eigenvalue weighted by molar-refractivity contribution is 7.99. The lowest BCUT2D eigenvalue weighted by Crippen LogP contribution is -2.20. The Morgan fingerprint density at radius 2 is 2.00 bits per heavy atom. The van der Waals surface area contributed by atoms with E-state index in [1.54, 1.807) is 12.1 Å². The highest BCUT2D eigenvalue weighted by Gasteiger charge is 2.14. The van der Waals surface area contributed by atoms with Crippen molar-refractivity contribution in [2.75, 3.05) is 12.4 Å². The highest BCUT2D eigenvalue weighted by Crippen LogP contribution is 2.31. The number of benzene rings is 1. The second kappa shape index (κ2) is 7.27. The predicted octanol–water partition coefficient (Wildman–Crippen LogP) is 4.70. The van der Waals surface area contributed by atoms with E-state index in [1.165, 1.54) is 35.2 Å². The maximum Gasteiger partial charge on any atom is 0.260 e. The smallest absolute Gasteiger partial charge is 0.260 e. The lowest BCUT2D eigenvalue weighted by atomic mass is 10.1. The Balaban J connectivity index is 1.82. The van der Waals surface area contributed by atoms with Crippen LogP contribution in [-0.2, 0) is 4.74 Å². The summed E-state index contributed by atoms with van der Waals surface area (Å²) in [6, 6.07) is 6.12. The average molecular weight is 378 g/mol. The number of nitrogens with one attached hydrogen (secondary N) is 1. The molecule has 0 spiro atoms. The van der Waals surface area contributed by atoms with Crippen LogP contribution in [0.3, 0.4) is 0 Å². The number of hydrogen-bond acceptors (Lipinski definition) is 5. The number of aromatic amines is 1. The summed E-state index contributed by atoms with van der Waals surface area (Å²) in [6.07, 6.45) is 0. The van der Waals surface area contributed by atoms with Gasteiger partial charge in [-0.15, -0.1) is 11.3 Å². The molecule has 3 rings (SSSR count). The number of rotatable bonds is 5. The fourth-order valence-corrected chi connectivity index (χ4v) is 4.01. The Kier molecular flexibility index (Phi) is 5.27. The van der Waals surface area contributed by atoms with Gasteiger partial charge in [0.2, 0.25) is 0 Å². The Labute approximate surface area is 153 Å². The summed E-state index contributed by atoms with van der Waals surface area (Å²) >= 11 is 2.88. The number of thioether (sulfide) groups is 1. The van der Waals surface area contributed by atoms with Crippen LogP contribution in [0.4, 0.5) is 4.39 Å². The van der Waals surface area contributed by atoms with Crippen LogP contribution >= 0.6 is 23.1 Å². The number of hydrogen-bond donors (Lipinski definition) is 1. The highest BCUT2D eigenvalue weighted by atomic mass is 32.2. The molecule has 0 amide bonds. The molecular formula is C18H19FN2O2S2. The molecule has 132 valence electrons. The number of halogens is 1. The van der Waals surface area contributed by atoms with Gasteiger partial charge in [0.05, 0.1) is 17.6 Å². The number of fused-ring (bicyclic) bond motifs is 1. The molecule has 7 heteroatoms. The molecule has 0 atom stereocenters. The molecule has 0 radical (unpaired) electrons. The van der Waals surface area contributed by atoms with Gasteiger partial charge in [0.15, 0.2) is 5.16 Å². The number of H-pyrrole nitrogens is 1. The number of thiophene rings is 1. The van der Waals surface area contributed by atoms with Gasteiger partial charge in [0.1, 0.15) is 10.6 Å². The van der Waals surface area contributed by atoms with Gasteiger partial charge in [-0.2, -0.15) is 0 Å². The van der Waals surface area contributed by atoms with Gasteiger partial charge < -0.3 is 9.72 Å². The van der Waals surface area contributed by atoms with E-state index in [0.717, 1.165) is 11.1 Å². The first-order valence-corrected chi connectivity index (χ1v) is 9.74. The normalized spacial score (nSPS) is 12.0. The molecule has 4 nitrogen and oxygen atoms in total. The SMILES string of the molecule is CC(C)(C)OCCSc1nc2scc(-c3ccc(F)cc3)c2c(=O)[nH]1.